The lowest BCUT2D eigenvalue weighted by molar-refractivity contribution is 0.100. The van der Waals surface area contributed by atoms with E-state index >= 15 is 0 Å². The smallest absolute Gasteiger partial charge is 0.280 e. The van der Waals surface area contributed by atoms with Gasteiger partial charge in [-0.15, -0.1) is 0 Å². The van der Waals surface area contributed by atoms with Crippen LogP contribution in [0.3, 0.4) is 0 Å². The first-order chi connectivity index (χ1) is 7.66. The number of nitrogens with two attached hydrogens (primary N) is 2. The van der Waals surface area contributed by atoms with Gasteiger partial charge < -0.3 is 16.2 Å². The van der Waals surface area contributed by atoms with Crippen LogP contribution in [0.15, 0.2) is 29.3 Å². The second-order valence-corrected chi connectivity index (χ2v) is 3.31. The molecule has 1 heterocycles. The molecule has 0 saturated heterocycles. The average molecular weight is 217 g/mol. The molecule has 0 aromatic heterocycles. The van der Waals surface area contributed by atoms with Gasteiger partial charge in [-0.3, -0.25) is 4.79 Å². The van der Waals surface area contributed by atoms with Crippen molar-refractivity contribution in [3.63, 3.8) is 0 Å². The molecule has 1 aliphatic heterocycles. The SMILES string of the molecule is NC(N)=NC(=O)c1ccc2c(c1)C=CCO2. The standard InChI is InChI=1S/C11H11N3O2/c12-11(13)14-10(15)8-3-4-9-7(6-8)2-1-5-16-9/h1-4,6H,5H2,(H4,12,13,14,15). The maximum absolute atomic E-state index is 11.5. The van der Waals surface area contributed by atoms with Gasteiger partial charge in [0.2, 0.25) is 0 Å². The van der Waals surface area contributed by atoms with E-state index in [9.17, 15) is 4.79 Å². The van der Waals surface area contributed by atoms with Crippen molar-refractivity contribution >= 4 is 17.9 Å². The quantitative estimate of drug-likeness (QED) is 0.529. The van der Waals surface area contributed by atoms with Gasteiger partial charge in [0.25, 0.3) is 5.91 Å². The minimum Gasteiger partial charge on any atom is -0.489 e. The van der Waals surface area contributed by atoms with Gasteiger partial charge in [0.05, 0.1) is 0 Å². The molecular weight excluding hydrogens is 206 g/mol. The molecule has 0 spiro atoms. The number of amides is 1. The number of nitrogens with zero attached hydrogens (tertiary/aromatic N) is 1. The van der Waals surface area contributed by atoms with Crippen molar-refractivity contribution in [1.29, 1.82) is 0 Å². The summed E-state index contributed by atoms with van der Waals surface area (Å²) < 4.78 is 5.36. The Bertz CT molecular complexity index is 488. The first-order valence-corrected chi connectivity index (χ1v) is 4.74. The molecule has 5 nitrogen and oxygen atoms in total. The van der Waals surface area contributed by atoms with E-state index < -0.39 is 5.91 Å². The van der Waals surface area contributed by atoms with E-state index in [1.807, 2.05) is 12.2 Å². The number of fused-ring (bicyclic) bond motifs is 1. The van der Waals surface area contributed by atoms with Crippen molar-refractivity contribution < 1.29 is 9.53 Å². The highest BCUT2D eigenvalue weighted by Crippen LogP contribution is 2.24. The minimum atomic E-state index is -0.457. The second-order valence-electron chi connectivity index (χ2n) is 3.31. The summed E-state index contributed by atoms with van der Waals surface area (Å²) >= 11 is 0. The van der Waals surface area contributed by atoms with E-state index in [1.54, 1.807) is 18.2 Å². The molecule has 0 saturated carbocycles. The van der Waals surface area contributed by atoms with Crippen LogP contribution < -0.4 is 16.2 Å². The fraction of sp³-hybridized carbons (Fsp3) is 0.0909. The first-order valence-electron chi connectivity index (χ1n) is 4.74. The average Bonchev–Trinajstić information content (AvgIpc) is 2.27. The number of guanidine groups is 1. The molecule has 0 fully saturated rings. The van der Waals surface area contributed by atoms with Gasteiger partial charge in [-0.25, -0.2) is 0 Å². The Balaban J connectivity index is 2.35. The van der Waals surface area contributed by atoms with Crippen LogP contribution in [0.4, 0.5) is 0 Å². The van der Waals surface area contributed by atoms with Crippen molar-refractivity contribution in [2.75, 3.05) is 6.61 Å². The van der Waals surface area contributed by atoms with E-state index in [-0.39, 0.29) is 5.96 Å². The highest BCUT2D eigenvalue weighted by molar-refractivity contribution is 6.02. The molecule has 0 atom stereocenters. The van der Waals surface area contributed by atoms with Crippen molar-refractivity contribution in [1.82, 2.24) is 0 Å². The number of rotatable bonds is 1. The summed E-state index contributed by atoms with van der Waals surface area (Å²) in [6, 6.07) is 5.06. The van der Waals surface area contributed by atoms with Crippen LogP contribution in [0.5, 0.6) is 5.75 Å². The largest absolute Gasteiger partial charge is 0.489 e. The number of hydrogen-bond acceptors (Lipinski definition) is 2. The summed E-state index contributed by atoms with van der Waals surface area (Å²) in [5, 5.41) is 0. The Kier molecular flexibility index (Phi) is 2.59. The maximum atomic E-state index is 11.5. The topological polar surface area (TPSA) is 90.7 Å². The molecule has 0 unspecified atom stereocenters. The molecule has 82 valence electrons. The number of hydrogen-bond donors (Lipinski definition) is 2. The summed E-state index contributed by atoms with van der Waals surface area (Å²) in [5.41, 5.74) is 11.6. The third-order valence-corrected chi connectivity index (χ3v) is 2.12. The summed E-state index contributed by atoms with van der Waals surface area (Å²) in [7, 11) is 0. The Morgan fingerprint density at radius 2 is 2.19 bits per heavy atom. The molecule has 0 bridgehead atoms. The van der Waals surface area contributed by atoms with Crippen LogP contribution in [0.25, 0.3) is 6.08 Å². The van der Waals surface area contributed by atoms with E-state index in [0.29, 0.717) is 12.2 Å². The summed E-state index contributed by atoms with van der Waals surface area (Å²) in [5.74, 6) is 0.0556. The molecule has 1 aliphatic rings. The van der Waals surface area contributed by atoms with Gasteiger partial charge in [0, 0.05) is 11.1 Å². The second kappa shape index (κ2) is 4.06. The summed E-state index contributed by atoms with van der Waals surface area (Å²) in [6.45, 7) is 0.550. The fourth-order valence-electron chi connectivity index (χ4n) is 1.44. The van der Waals surface area contributed by atoms with Crippen LogP contribution in [0.1, 0.15) is 15.9 Å². The fourth-order valence-corrected chi connectivity index (χ4v) is 1.44. The number of aliphatic imine (C=N–C) groups is 1. The normalized spacial score (nSPS) is 12.5. The Labute approximate surface area is 92.4 Å². The van der Waals surface area contributed by atoms with Crippen LogP contribution in [0.2, 0.25) is 0 Å². The summed E-state index contributed by atoms with van der Waals surface area (Å²) in [4.78, 5) is 15.0. The van der Waals surface area contributed by atoms with Gasteiger partial charge in [0.15, 0.2) is 5.96 Å². The van der Waals surface area contributed by atoms with Crippen LogP contribution in [-0.2, 0) is 0 Å². The molecule has 1 aromatic rings. The number of benzene rings is 1. The molecule has 5 heteroatoms. The van der Waals surface area contributed by atoms with Crippen LogP contribution >= 0.6 is 0 Å². The summed E-state index contributed by atoms with van der Waals surface area (Å²) in [6.07, 6.45) is 3.77. The predicted octanol–water partition coefficient (Wildman–Crippen LogP) is 0.506. The molecule has 1 amide bonds. The zero-order valence-electron chi connectivity index (χ0n) is 8.51. The van der Waals surface area contributed by atoms with Crippen LogP contribution in [-0.4, -0.2) is 18.5 Å². The molecule has 0 radical (unpaired) electrons. The molecule has 1 aromatic carbocycles. The van der Waals surface area contributed by atoms with Gasteiger partial charge in [0.1, 0.15) is 12.4 Å². The van der Waals surface area contributed by atoms with Crippen molar-refractivity contribution in [2.45, 2.75) is 0 Å². The van der Waals surface area contributed by atoms with E-state index in [4.69, 9.17) is 16.2 Å². The Hall–Kier alpha value is -2.30. The Morgan fingerprint density at radius 3 is 2.94 bits per heavy atom. The zero-order chi connectivity index (χ0) is 11.5. The molecule has 16 heavy (non-hydrogen) atoms. The zero-order valence-corrected chi connectivity index (χ0v) is 8.51. The predicted molar refractivity (Wildman–Crippen MR) is 61.1 cm³/mol. The lowest BCUT2D eigenvalue weighted by Crippen LogP contribution is -2.24. The molecule has 4 N–H and O–H groups in total. The minimum absolute atomic E-state index is 0.241. The third kappa shape index (κ3) is 2.03. The lowest BCUT2D eigenvalue weighted by Gasteiger charge is -2.12. The van der Waals surface area contributed by atoms with Gasteiger partial charge >= 0.3 is 0 Å². The number of carbonyl (C=O) groups excluding carboxylic acids is 1. The molecule has 2 rings (SSSR count). The van der Waals surface area contributed by atoms with Crippen molar-refractivity contribution in [3.8, 4) is 5.75 Å². The highest BCUT2D eigenvalue weighted by Gasteiger charge is 2.10. The highest BCUT2D eigenvalue weighted by atomic mass is 16.5. The van der Waals surface area contributed by atoms with Crippen molar-refractivity contribution in [2.24, 2.45) is 16.5 Å². The first kappa shape index (κ1) is 10.2. The van der Waals surface area contributed by atoms with Gasteiger partial charge in [-0.2, -0.15) is 4.99 Å². The third-order valence-electron chi connectivity index (χ3n) is 2.12. The van der Waals surface area contributed by atoms with E-state index in [2.05, 4.69) is 4.99 Å². The van der Waals surface area contributed by atoms with E-state index in [1.165, 1.54) is 0 Å². The van der Waals surface area contributed by atoms with Crippen molar-refractivity contribution in [3.05, 3.63) is 35.4 Å². The monoisotopic (exact) mass is 217 g/mol. The van der Waals surface area contributed by atoms with Crippen LogP contribution in [0, 0.1) is 0 Å². The maximum Gasteiger partial charge on any atom is 0.280 e. The molecule has 0 aliphatic carbocycles. The lowest BCUT2D eigenvalue weighted by atomic mass is 10.1. The Morgan fingerprint density at radius 1 is 1.38 bits per heavy atom. The number of ether oxygens (including phenoxy) is 1. The van der Waals surface area contributed by atoms with Gasteiger partial charge in [-0.05, 0) is 24.3 Å². The number of carbonyl (C=O) groups is 1. The molecular formula is C11H11N3O2. The van der Waals surface area contributed by atoms with E-state index in [0.717, 1.165) is 11.3 Å². The van der Waals surface area contributed by atoms with Gasteiger partial charge in [-0.1, -0.05) is 6.08 Å².